The van der Waals surface area contributed by atoms with Crippen LogP contribution in [0, 0.1) is 5.92 Å². The Labute approximate surface area is 61.2 Å². The molecule has 1 atom stereocenters. The zero-order chi connectivity index (χ0) is 8.15. The summed E-state index contributed by atoms with van der Waals surface area (Å²) < 4.78 is 0. The second kappa shape index (κ2) is 4.28. The third-order valence-corrected chi connectivity index (χ3v) is 1.37. The van der Waals surface area contributed by atoms with Crippen LogP contribution in [-0.2, 0) is 4.79 Å². The third kappa shape index (κ3) is 4.32. The molecule has 0 aromatic rings. The van der Waals surface area contributed by atoms with Crippen LogP contribution < -0.4 is 5.73 Å². The molecule has 1 unspecified atom stereocenters. The minimum Gasteiger partial charge on any atom is -0.480 e. The van der Waals surface area contributed by atoms with Gasteiger partial charge >= 0.3 is 5.97 Å². The van der Waals surface area contributed by atoms with E-state index in [9.17, 15) is 4.79 Å². The van der Waals surface area contributed by atoms with Crippen molar-refractivity contribution in [3.8, 4) is 0 Å². The van der Waals surface area contributed by atoms with Gasteiger partial charge in [-0.05, 0) is 18.8 Å². The van der Waals surface area contributed by atoms with Gasteiger partial charge in [-0.3, -0.25) is 4.79 Å². The SMILES string of the molecule is CC(C)CCC(N)C(=O)O. The summed E-state index contributed by atoms with van der Waals surface area (Å²) in [5.74, 6) is -0.369. The van der Waals surface area contributed by atoms with Crippen LogP contribution in [0.5, 0.6) is 0 Å². The van der Waals surface area contributed by atoms with Gasteiger partial charge in [-0.2, -0.15) is 0 Å². The molecule has 60 valence electrons. The minimum absolute atomic E-state index is 0.533. The maximum atomic E-state index is 10.2. The summed E-state index contributed by atoms with van der Waals surface area (Å²) in [6.07, 6.45) is 1.46. The number of aliphatic carboxylic acids is 1. The molecule has 0 aliphatic carbocycles. The molecule has 3 N–H and O–H groups in total. The minimum atomic E-state index is -0.902. The molecule has 0 radical (unpaired) electrons. The maximum absolute atomic E-state index is 10.2. The summed E-state index contributed by atoms with van der Waals surface area (Å²) >= 11 is 0. The highest BCUT2D eigenvalue weighted by atomic mass is 16.4. The number of carboxylic acids is 1. The maximum Gasteiger partial charge on any atom is 0.320 e. The molecule has 0 bridgehead atoms. The van der Waals surface area contributed by atoms with Crippen LogP contribution in [0.15, 0.2) is 0 Å². The van der Waals surface area contributed by atoms with Gasteiger partial charge in [0.25, 0.3) is 0 Å². The first-order chi connectivity index (χ1) is 4.54. The van der Waals surface area contributed by atoms with Gasteiger partial charge in [0, 0.05) is 0 Å². The molecule has 0 rings (SSSR count). The highest BCUT2D eigenvalue weighted by Gasteiger charge is 2.10. The fraction of sp³-hybridized carbons (Fsp3) is 0.857. The number of nitrogens with two attached hydrogens (primary N) is 1. The smallest absolute Gasteiger partial charge is 0.320 e. The van der Waals surface area contributed by atoms with Gasteiger partial charge < -0.3 is 10.8 Å². The molecule has 0 fully saturated rings. The molecule has 0 amide bonds. The van der Waals surface area contributed by atoms with E-state index in [0.29, 0.717) is 12.3 Å². The molecule has 0 aromatic carbocycles. The van der Waals surface area contributed by atoms with Gasteiger partial charge in [0.2, 0.25) is 0 Å². The predicted octanol–water partition coefficient (Wildman–Crippen LogP) is 0.834. The molecule has 0 aliphatic rings. The molecule has 0 saturated carbocycles. The Morgan fingerprint density at radius 1 is 1.50 bits per heavy atom. The number of carbonyl (C=O) groups is 1. The summed E-state index contributed by atoms with van der Waals surface area (Å²) in [5, 5.41) is 8.37. The van der Waals surface area contributed by atoms with Crippen molar-refractivity contribution in [2.45, 2.75) is 32.7 Å². The molecule has 3 heteroatoms. The van der Waals surface area contributed by atoms with E-state index in [1.165, 1.54) is 0 Å². The number of carboxylic acid groups (broad SMARTS) is 1. The number of hydrogen-bond donors (Lipinski definition) is 2. The van der Waals surface area contributed by atoms with E-state index in [-0.39, 0.29) is 0 Å². The Morgan fingerprint density at radius 3 is 2.30 bits per heavy atom. The molecule has 0 spiro atoms. The molecule has 0 saturated heterocycles. The molecular formula is C7H15NO2. The van der Waals surface area contributed by atoms with Crippen molar-refractivity contribution >= 4 is 5.97 Å². The van der Waals surface area contributed by atoms with Gasteiger partial charge in [-0.1, -0.05) is 13.8 Å². The van der Waals surface area contributed by atoms with E-state index in [0.717, 1.165) is 6.42 Å². The van der Waals surface area contributed by atoms with Crippen LogP contribution in [0.1, 0.15) is 26.7 Å². The summed E-state index contributed by atoms with van der Waals surface area (Å²) in [7, 11) is 0. The highest BCUT2D eigenvalue weighted by molar-refractivity contribution is 5.72. The first-order valence-corrected chi connectivity index (χ1v) is 3.52. The van der Waals surface area contributed by atoms with Gasteiger partial charge in [0.05, 0.1) is 0 Å². The van der Waals surface area contributed by atoms with Crippen molar-refractivity contribution in [3.05, 3.63) is 0 Å². The molecular weight excluding hydrogens is 130 g/mol. The standard InChI is InChI=1S/C7H15NO2/c1-5(2)3-4-6(8)7(9)10/h5-6H,3-4,8H2,1-2H3,(H,9,10). The first-order valence-electron chi connectivity index (χ1n) is 3.52. The Morgan fingerprint density at radius 2 is 2.00 bits per heavy atom. The van der Waals surface area contributed by atoms with Crippen LogP contribution in [-0.4, -0.2) is 17.1 Å². The molecule has 10 heavy (non-hydrogen) atoms. The summed E-state index contributed by atoms with van der Waals surface area (Å²) in [4.78, 5) is 10.2. The largest absolute Gasteiger partial charge is 0.480 e. The molecule has 0 aliphatic heterocycles. The third-order valence-electron chi connectivity index (χ3n) is 1.37. The van der Waals surface area contributed by atoms with Crippen LogP contribution in [0.2, 0.25) is 0 Å². The monoisotopic (exact) mass is 145 g/mol. The predicted molar refractivity (Wildman–Crippen MR) is 39.7 cm³/mol. The number of hydrogen-bond acceptors (Lipinski definition) is 2. The second-order valence-corrected chi connectivity index (χ2v) is 2.92. The normalized spacial score (nSPS) is 13.6. The van der Waals surface area contributed by atoms with Crippen LogP contribution in [0.25, 0.3) is 0 Å². The van der Waals surface area contributed by atoms with Gasteiger partial charge in [0.15, 0.2) is 0 Å². The van der Waals surface area contributed by atoms with E-state index < -0.39 is 12.0 Å². The van der Waals surface area contributed by atoms with E-state index in [4.69, 9.17) is 10.8 Å². The zero-order valence-corrected chi connectivity index (χ0v) is 6.50. The van der Waals surface area contributed by atoms with Crippen LogP contribution in [0.3, 0.4) is 0 Å². The average Bonchev–Trinajstić information content (AvgIpc) is 1.82. The number of rotatable bonds is 4. The topological polar surface area (TPSA) is 63.3 Å². The van der Waals surface area contributed by atoms with E-state index >= 15 is 0 Å². The quantitative estimate of drug-likeness (QED) is 0.616. The van der Waals surface area contributed by atoms with Gasteiger partial charge in [-0.15, -0.1) is 0 Å². The van der Waals surface area contributed by atoms with Crippen molar-refractivity contribution < 1.29 is 9.90 Å². The second-order valence-electron chi connectivity index (χ2n) is 2.92. The highest BCUT2D eigenvalue weighted by Crippen LogP contribution is 2.04. The Balaban J connectivity index is 3.40. The van der Waals surface area contributed by atoms with Crippen molar-refractivity contribution in [2.75, 3.05) is 0 Å². The lowest BCUT2D eigenvalue weighted by Gasteiger charge is -2.07. The summed E-state index contributed by atoms with van der Waals surface area (Å²) in [5.41, 5.74) is 5.27. The van der Waals surface area contributed by atoms with Crippen molar-refractivity contribution in [1.82, 2.24) is 0 Å². The molecule has 0 aromatic heterocycles. The van der Waals surface area contributed by atoms with Gasteiger partial charge in [0.1, 0.15) is 6.04 Å². The zero-order valence-electron chi connectivity index (χ0n) is 6.50. The average molecular weight is 145 g/mol. The Kier molecular flexibility index (Phi) is 4.03. The molecule has 3 nitrogen and oxygen atoms in total. The summed E-state index contributed by atoms with van der Waals surface area (Å²) in [6.45, 7) is 4.10. The van der Waals surface area contributed by atoms with Crippen molar-refractivity contribution in [1.29, 1.82) is 0 Å². The van der Waals surface area contributed by atoms with E-state index in [1.54, 1.807) is 0 Å². The fourth-order valence-electron chi connectivity index (χ4n) is 0.636. The van der Waals surface area contributed by atoms with E-state index in [1.807, 2.05) is 0 Å². The Bertz CT molecular complexity index is 112. The van der Waals surface area contributed by atoms with Gasteiger partial charge in [-0.25, -0.2) is 0 Å². The lowest BCUT2D eigenvalue weighted by molar-refractivity contribution is -0.138. The van der Waals surface area contributed by atoms with Crippen LogP contribution >= 0.6 is 0 Å². The van der Waals surface area contributed by atoms with E-state index in [2.05, 4.69) is 13.8 Å². The first kappa shape index (κ1) is 9.43. The van der Waals surface area contributed by atoms with Crippen molar-refractivity contribution in [2.24, 2.45) is 11.7 Å². The lowest BCUT2D eigenvalue weighted by atomic mass is 10.0. The van der Waals surface area contributed by atoms with Crippen molar-refractivity contribution in [3.63, 3.8) is 0 Å². The fourth-order valence-corrected chi connectivity index (χ4v) is 0.636. The van der Waals surface area contributed by atoms with Crippen LogP contribution in [0.4, 0.5) is 0 Å². The summed E-state index contributed by atoms with van der Waals surface area (Å²) in [6, 6.07) is -0.678. The molecule has 0 heterocycles. The lowest BCUT2D eigenvalue weighted by Crippen LogP contribution is -2.30. The Hall–Kier alpha value is -0.570.